The molecule has 2 atom stereocenters. The maximum absolute atomic E-state index is 5.99. The van der Waals surface area contributed by atoms with E-state index in [1.807, 2.05) is 18.3 Å². The average Bonchev–Trinajstić information content (AvgIpc) is 2.56. The molecule has 0 bridgehead atoms. The second kappa shape index (κ2) is 6.39. The van der Waals surface area contributed by atoms with Gasteiger partial charge in [-0.3, -0.25) is 0 Å². The second-order valence-electron chi connectivity index (χ2n) is 5.86. The number of anilines is 1. The van der Waals surface area contributed by atoms with Crippen molar-refractivity contribution in [2.24, 2.45) is 11.7 Å². The summed E-state index contributed by atoms with van der Waals surface area (Å²) in [5.41, 5.74) is 7.00. The maximum atomic E-state index is 5.99. The van der Waals surface area contributed by atoms with E-state index in [0.717, 1.165) is 29.9 Å². The van der Waals surface area contributed by atoms with Crippen molar-refractivity contribution in [2.45, 2.75) is 38.6 Å². The fourth-order valence-electron chi connectivity index (χ4n) is 3.50. The lowest BCUT2D eigenvalue weighted by atomic mass is 9.83. The highest BCUT2D eigenvalue weighted by Crippen LogP contribution is 2.30. The van der Waals surface area contributed by atoms with Crippen molar-refractivity contribution in [1.29, 1.82) is 0 Å². The third kappa shape index (κ3) is 2.86. The highest BCUT2D eigenvalue weighted by atomic mass is 15.3. The van der Waals surface area contributed by atoms with E-state index in [1.165, 1.54) is 25.7 Å². The van der Waals surface area contributed by atoms with E-state index < -0.39 is 0 Å². The van der Waals surface area contributed by atoms with E-state index in [4.69, 9.17) is 10.7 Å². The molecule has 1 aromatic heterocycles. The lowest BCUT2D eigenvalue weighted by molar-refractivity contribution is 0.298. The molecule has 0 aliphatic heterocycles. The van der Waals surface area contributed by atoms with Crippen molar-refractivity contribution in [1.82, 2.24) is 9.97 Å². The standard InChI is InChI=1S/C17H24N4/c1-2-21(16-10-6-4-7-13(16)11-18)17-19-12-14-8-3-5-9-15(14)20-17/h3,5,8-9,12-13,16H,2,4,6-7,10-11,18H2,1H3. The van der Waals surface area contributed by atoms with Gasteiger partial charge in [0, 0.05) is 24.2 Å². The first-order chi connectivity index (χ1) is 10.3. The molecule has 0 saturated heterocycles. The Morgan fingerprint density at radius 3 is 2.86 bits per heavy atom. The molecule has 0 spiro atoms. The Hall–Kier alpha value is -1.68. The average molecular weight is 284 g/mol. The lowest BCUT2D eigenvalue weighted by Crippen LogP contribution is -2.46. The molecule has 0 radical (unpaired) electrons. The molecule has 2 unspecified atom stereocenters. The summed E-state index contributed by atoms with van der Waals surface area (Å²) in [4.78, 5) is 11.7. The fourth-order valence-corrected chi connectivity index (χ4v) is 3.50. The number of benzene rings is 1. The second-order valence-corrected chi connectivity index (χ2v) is 5.86. The number of nitrogens with zero attached hydrogens (tertiary/aromatic N) is 3. The summed E-state index contributed by atoms with van der Waals surface area (Å²) in [5.74, 6) is 1.41. The Bertz CT molecular complexity index is 598. The van der Waals surface area contributed by atoms with Crippen molar-refractivity contribution < 1.29 is 0 Å². The van der Waals surface area contributed by atoms with Crippen LogP contribution in [0.25, 0.3) is 10.9 Å². The summed E-state index contributed by atoms with van der Waals surface area (Å²) in [6, 6.07) is 8.64. The van der Waals surface area contributed by atoms with Crippen molar-refractivity contribution in [3.63, 3.8) is 0 Å². The zero-order valence-corrected chi connectivity index (χ0v) is 12.7. The van der Waals surface area contributed by atoms with Crippen LogP contribution in [0.15, 0.2) is 30.5 Å². The number of fused-ring (bicyclic) bond motifs is 1. The third-order valence-electron chi connectivity index (χ3n) is 4.65. The van der Waals surface area contributed by atoms with Crippen LogP contribution in [-0.4, -0.2) is 29.1 Å². The molecular formula is C17H24N4. The van der Waals surface area contributed by atoms with E-state index in [1.54, 1.807) is 0 Å². The molecule has 112 valence electrons. The predicted octanol–water partition coefficient (Wildman–Crippen LogP) is 2.97. The number of nitrogens with two attached hydrogens (primary N) is 1. The van der Waals surface area contributed by atoms with Gasteiger partial charge in [0.05, 0.1) is 5.52 Å². The summed E-state index contributed by atoms with van der Waals surface area (Å²) in [6.07, 6.45) is 6.94. The maximum Gasteiger partial charge on any atom is 0.226 e. The minimum absolute atomic E-state index is 0.481. The lowest BCUT2D eigenvalue weighted by Gasteiger charge is -2.39. The molecule has 0 amide bonds. The highest BCUT2D eigenvalue weighted by molar-refractivity contribution is 5.78. The molecule has 4 heteroatoms. The number of aromatic nitrogens is 2. The largest absolute Gasteiger partial charge is 0.338 e. The smallest absolute Gasteiger partial charge is 0.226 e. The third-order valence-corrected chi connectivity index (χ3v) is 4.65. The normalized spacial score (nSPS) is 22.4. The van der Waals surface area contributed by atoms with Gasteiger partial charge in [-0.05, 0) is 38.3 Å². The number of hydrogen-bond acceptors (Lipinski definition) is 4. The van der Waals surface area contributed by atoms with Crippen molar-refractivity contribution in [2.75, 3.05) is 18.0 Å². The van der Waals surface area contributed by atoms with Crippen LogP contribution in [0.5, 0.6) is 0 Å². The summed E-state index contributed by atoms with van der Waals surface area (Å²) in [6.45, 7) is 3.87. The number of hydrogen-bond donors (Lipinski definition) is 1. The van der Waals surface area contributed by atoms with E-state index in [2.05, 4.69) is 28.9 Å². The van der Waals surface area contributed by atoms with Crippen LogP contribution in [0.3, 0.4) is 0 Å². The van der Waals surface area contributed by atoms with Gasteiger partial charge in [0.15, 0.2) is 0 Å². The monoisotopic (exact) mass is 284 g/mol. The molecule has 1 fully saturated rings. The SMILES string of the molecule is CCN(c1ncc2ccccc2n1)C1CCCCC1CN. The van der Waals surface area contributed by atoms with Gasteiger partial charge in [0.25, 0.3) is 0 Å². The zero-order chi connectivity index (χ0) is 14.7. The number of rotatable bonds is 4. The molecule has 2 N–H and O–H groups in total. The summed E-state index contributed by atoms with van der Waals surface area (Å²) >= 11 is 0. The topological polar surface area (TPSA) is 55.0 Å². The molecule has 2 aromatic rings. The van der Waals surface area contributed by atoms with Gasteiger partial charge in [0.2, 0.25) is 5.95 Å². The minimum atomic E-state index is 0.481. The molecule has 1 aliphatic carbocycles. The Morgan fingerprint density at radius 1 is 1.24 bits per heavy atom. The molecule has 1 saturated carbocycles. The molecular weight excluding hydrogens is 260 g/mol. The first kappa shape index (κ1) is 14.3. The fraction of sp³-hybridized carbons (Fsp3) is 0.529. The van der Waals surface area contributed by atoms with Gasteiger partial charge in [-0.2, -0.15) is 0 Å². The molecule has 1 aliphatic rings. The first-order valence-corrected chi connectivity index (χ1v) is 8.02. The van der Waals surface area contributed by atoms with E-state index in [9.17, 15) is 0 Å². The first-order valence-electron chi connectivity index (χ1n) is 8.02. The highest BCUT2D eigenvalue weighted by Gasteiger charge is 2.29. The van der Waals surface area contributed by atoms with Crippen molar-refractivity contribution in [3.05, 3.63) is 30.5 Å². The van der Waals surface area contributed by atoms with Crippen LogP contribution in [0.2, 0.25) is 0 Å². The quantitative estimate of drug-likeness (QED) is 0.938. The van der Waals surface area contributed by atoms with Gasteiger partial charge >= 0.3 is 0 Å². The zero-order valence-electron chi connectivity index (χ0n) is 12.7. The van der Waals surface area contributed by atoms with Crippen LogP contribution < -0.4 is 10.6 Å². The van der Waals surface area contributed by atoms with Gasteiger partial charge in [-0.1, -0.05) is 31.0 Å². The molecule has 21 heavy (non-hydrogen) atoms. The summed E-state index contributed by atoms with van der Waals surface area (Å²) < 4.78 is 0. The van der Waals surface area contributed by atoms with Gasteiger partial charge in [-0.25, -0.2) is 9.97 Å². The Morgan fingerprint density at radius 2 is 2.05 bits per heavy atom. The van der Waals surface area contributed by atoms with Gasteiger partial charge < -0.3 is 10.6 Å². The van der Waals surface area contributed by atoms with Crippen LogP contribution in [0.1, 0.15) is 32.6 Å². The van der Waals surface area contributed by atoms with E-state index >= 15 is 0 Å². The Kier molecular flexibility index (Phi) is 4.34. The van der Waals surface area contributed by atoms with Crippen LogP contribution >= 0.6 is 0 Å². The van der Waals surface area contributed by atoms with Crippen molar-refractivity contribution in [3.8, 4) is 0 Å². The van der Waals surface area contributed by atoms with Crippen LogP contribution in [0, 0.1) is 5.92 Å². The number of para-hydroxylation sites is 1. The van der Waals surface area contributed by atoms with Crippen LogP contribution in [0.4, 0.5) is 5.95 Å². The van der Waals surface area contributed by atoms with Crippen LogP contribution in [-0.2, 0) is 0 Å². The van der Waals surface area contributed by atoms with Gasteiger partial charge in [0.1, 0.15) is 0 Å². The summed E-state index contributed by atoms with van der Waals surface area (Å²) in [7, 11) is 0. The van der Waals surface area contributed by atoms with Crippen molar-refractivity contribution >= 4 is 16.9 Å². The molecule has 1 heterocycles. The van der Waals surface area contributed by atoms with E-state index in [0.29, 0.717) is 12.0 Å². The predicted molar refractivity (Wildman–Crippen MR) is 87.4 cm³/mol. The Balaban J connectivity index is 1.93. The summed E-state index contributed by atoms with van der Waals surface area (Å²) in [5, 5.41) is 1.09. The van der Waals surface area contributed by atoms with E-state index in [-0.39, 0.29) is 0 Å². The Labute approximate surface area is 126 Å². The molecule has 4 nitrogen and oxygen atoms in total. The minimum Gasteiger partial charge on any atom is -0.338 e. The van der Waals surface area contributed by atoms with Gasteiger partial charge in [-0.15, -0.1) is 0 Å². The molecule has 1 aromatic carbocycles. The molecule has 3 rings (SSSR count).